The van der Waals surface area contributed by atoms with Crippen LogP contribution >= 0.6 is 11.3 Å². The Morgan fingerprint density at radius 1 is 1.25 bits per heavy atom. The third-order valence-corrected chi connectivity index (χ3v) is 4.99. The fraction of sp³-hybridized carbons (Fsp3) is 0.278. The zero-order valence-corrected chi connectivity index (χ0v) is 14.2. The minimum Gasteiger partial charge on any atom is -0.486 e. The molecule has 0 N–H and O–H groups in total. The maximum atomic E-state index is 5.68. The lowest BCUT2D eigenvalue weighted by Crippen LogP contribution is -2.15. The summed E-state index contributed by atoms with van der Waals surface area (Å²) in [6.07, 6.45) is 3.80. The summed E-state index contributed by atoms with van der Waals surface area (Å²) in [5, 5.41) is 2.07. The highest BCUT2D eigenvalue weighted by atomic mass is 32.1. The molecule has 0 saturated heterocycles. The number of methoxy groups -OCH3 is 1. The molecule has 1 atom stereocenters. The molecule has 0 fully saturated rings. The first kappa shape index (κ1) is 15.2. The number of thiophene rings is 1. The number of benzene rings is 1. The van der Waals surface area contributed by atoms with E-state index in [0.29, 0.717) is 19.8 Å². The highest BCUT2D eigenvalue weighted by Crippen LogP contribution is 2.34. The monoisotopic (exact) mass is 342 g/mol. The molecule has 0 aliphatic carbocycles. The van der Waals surface area contributed by atoms with Gasteiger partial charge in [-0.25, -0.2) is 4.98 Å². The first-order chi connectivity index (χ1) is 11.8. The molecule has 1 aliphatic heterocycles. The summed E-state index contributed by atoms with van der Waals surface area (Å²) in [6.45, 7) is 1.88. The van der Waals surface area contributed by atoms with Crippen LogP contribution in [0.1, 0.15) is 11.0 Å². The Morgan fingerprint density at radius 2 is 2.12 bits per heavy atom. The van der Waals surface area contributed by atoms with Crippen molar-refractivity contribution in [3.8, 4) is 22.9 Å². The number of hydrogen-bond donors (Lipinski definition) is 0. The molecule has 2 aromatic heterocycles. The molecule has 1 aromatic carbocycles. The Labute approximate surface area is 144 Å². The first-order valence-electron chi connectivity index (χ1n) is 7.82. The summed E-state index contributed by atoms with van der Waals surface area (Å²) in [4.78, 5) is 5.73. The van der Waals surface area contributed by atoms with Crippen molar-refractivity contribution in [1.29, 1.82) is 0 Å². The molecule has 0 unspecified atom stereocenters. The fourth-order valence-electron chi connectivity index (χ4n) is 2.83. The molecule has 124 valence electrons. The normalized spacial score (nSPS) is 14.5. The van der Waals surface area contributed by atoms with Crippen molar-refractivity contribution in [2.24, 2.45) is 0 Å². The molecule has 3 heterocycles. The summed E-state index contributed by atoms with van der Waals surface area (Å²) >= 11 is 1.70. The molecule has 4 rings (SSSR count). The molecule has 0 bridgehead atoms. The van der Waals surface area contributed by atoms with Crippen molar-refractivity contribution in [2.75, 3.05) is 20.3 Å². The summed E-state index contributed by atoms with van der Waals surface area (Å²) in [7, 11) is 1.74. The highest BCUT2D eigenvalue weighted by Gasteiger charge is 2.17. The van der Waals surface area contributed by atoms with E-state index in [9.17, 15) is 0 Å². The van der Waals surface area contributed by atoms with Gasteiger partial charge in [-0.3, -0.25) is 0 Å². The predicted molar refractivity (Wildman–Crippen MR) is 92.7 cm³/mol. The minimum atomic E-state index is 0.00941. The van der Waals surface area contributed by atoms with Gasteiger partial charge in [-0.1, -0.05) is 6.07 Å². The van der Waals surface area contributed by atoms with Crippen molar-refractivity contribution >= 4 is 11.3 Å². The maximum absolute atomic E-state index is 5.68. The highest BCUT2D eigenvalue weighted by molar-refractivity contribution is 7.10. The molecule has 6 heteroatoms. The summed E-state index contributed by atoms with van der Waals surface area (Å²) in [5.41, 5.74) is 1.00. The van der Waals surface area contributed by atoms with Crippen molar-refractivity contribution in [3.05, 3.63) is 53.0 Å². The van der Waals surface area contributed by atoms with Crippen LogP contribution in [-0.4, -0.2) is 29.9 Å². The second kappa shape index (κ2) is 6.67. The molecule has 1 aliphatic rings. The van der Waals surface area contributed by atoms with E-state index in [-0.39, 0.29) is 6.10 Å². The number of hydrogen-bond acceptors (Lipinski definition) is 5. The molecule has 3 aromatic rings. The molecular weight excluding hydrogens is 324 g/mol. The lowest BCUT2D eigenvalue weighted by molar-refractivity contribution is 0.0911. The summed E-state index contributed by atoms with van der Waals surface area (Å²) < 4.78 is 19.0. The second-order valence-corrected chi connectivity index (χ2v) is 6.48. The van der Waals surface area contributed by atoms with Crippen LogP contribution in [0.15, 0.2) is 48.1 Å². The first-order valence-corrected chi connectivity index (χ1v) is 8.70. The number of nitrogens with zero attached hydrogens (tertiary/aromatic N) is 2. The zero-order valence-electron chi connectivity index (χ0n) is 13.3. The van der Waals surface area contributed by atoms with Gasteiger partial charge in [-0.05, 0) is 29.6 Å². The Morgan fingerprint density at radius 3 is 2.92 bits per heavy atom. The van der Waals surface area contributed by atoms with E-state index in [1.54, 1.807) is 18.4 Å². The van der Waals surface area contributed by atoms with Crippen LogP contribution in [0.3, 0.4) is 0 Å². The van der Waals surface area contributed by atoms with Gasteiger partial charge in [0.05, 0.1) is 6.54 Å². The van der Waals surface area contributed by atoms with Gasteiger partial charge < -0.3 is 18.8 Å². The Bertz CT molecular complexity index is 814. The lowest BCUT2D eigenvalue weighted by Gasteiger charge is -2.20. The smallest absolute Gasteiger partial charge is 0.162 e. The van der Waals surface area contributed by atoms with E-state index < -0.39 is 0 Å². The number of aromatic nitrogens is 2. The molecule has 0 spiro atoms. The number of imidazole rings is 1. The van der Waals surface area contributed by atoms with Crippen molar-refractivity contribution in [3.63, 3.8) is 0 Å². The zero-order chi connectivity index (χ0) is 16.4. The predicted octanol–water partition coefficient (Wildman–Crippen LogP) is 3.77. The standard InChI is InChI=1S/C18H18N2O3S/c1-21-16(17-3-2-10-24-17)12-20-7-6-19-18(20)13-4-5-14-15(11-13)23-9-8-22-14/h2-7,10-11,16H,8-9,12H2,1H3/t16-/m0/s1. The van der Waals surface area contributed by atoms with Crippen LogP contribution < -0.4 is 9.47 Å². The Hall–Kier alpha value is -2.31. The van der Waals surface area contributed by atoms with Crippen molar-refractivity contribution < 1.29 is 14.2 Å². The average molecular weight is 342 g/mol. The van der Waals surface area contributed by atoms with E-state index >= 15 is 0 Å². The molecule has 0 radical (unpaired) electrons. The second-order valence-electron chi connectivity index (χ2n) is 5.50. The van der Waals surface area contributed by atoms with Crippen LogP contribution in [0.5, 0.6) is 11.5 Å². The van der Waals surface area contributed by atoms with Gasteiger partial charge in [-0.15, -0.1) is 11.3 Å². The molecular formula is C18H18N2O3S. The summed E-state index contributed by atoms with van der Waals surface area (Å²) in [5.74, 6) is 2.46. The van der Waals surface area contributed by atoms with Crippen LogP contribution in [0, 0.1) is 0 Å². The number of ether oxygens (including phenoxy) is 3. The molecule has 0 amide bonds. The Balaban J connectivity index is 1.63. The van der Waals surface area contributed by atoms with E-state index in [4.69, 9.17) is 14.2 Å². The van der Waals surface area contributed by atoms with Crippen molar-refractivity contribution in [1.82, 2.24) is 9.55 Å². The number of rotatable bonds is 5. The lowest BCUT2D eigenvalue weighted by atomic mass is 10.1. The van der Waals surface area contributed by atoms with Crippen LogP contribution in [0.2, 0.25) is 0 Å². The van der Waals surface area contributed by atoms with E-state index in [0.717, 1.165) is 22.9 Å². The van der Waals surface area contributed by atoms with E-state index in [1.807, 2.05) is 36.7 Å². The van der Waals surface area contributed by atoms with Crippen LogP contribution in [-0.2, 0) is 11.3 Å². The van der Waals surface area contributed by atoms with E-state index in [2.05, 4.69) is 21.0 Å². The Kier molecular flexibility index (Phi) is 4.23. The molecule has 5 nitrogen and oxygen atoms in total. The summed E-state index contributed by atoms with van der Waals surface area (Å²) in [6, 6.07) is 10.1. The fourth-order valence-corrected chi connectivity index (χ4v) is 3.63. The van der Waals surface area contributed by atoms with Gasteiger partial charge in [0.25, 0.3) is 0 Å². The van der Waals surface area contributed by atoms with Crippen LogP contribution in [0.4, 0.5) is 0 Å². The number of fused-ring (bicyclic) bond motifs is 1. The van der Waals surface area contributed by atoms with Gasteiger partial charge in [0, 0.05) is 29.9 Å². The topological polar surface area (TPSA) is 45.5 Å². The van der Waals surface area contributed by atoms with Crippen molar-refractivity contribution in [2.45, 2.75) is 12.6 Å². The third-order valence-electron chi connectivity index (χ3n) is 4.02. The molecule has 24 heavy (non-hydrogen) atoms. The molecule has 0 saturated carbocycles. The maximum Gasteiger partial charge on any atom is 0.162 e. The van der Waals surface area contributed by atoms with Gasteiger partial charge in [0.15, 0.2) is 11.5 Å². The average Bonchev–Trinajstić information content (AvgIpc) is 3.31. The minimum absolute atomic E-state index is 0.00941. The van der Waals surface area contributed by atoms with Gasteiger partial charge in [0.2, 0.25) is 0 Å². The van der Waals surface area contributed by atoms with E-state index in [1.165, 1.54) is 4.88 Å². The van der Waals surface area contributed by atoms with Gasteiger partial charge >= 0.3 is 0 Å². The van der Waals surface area contributed by atoms with Crippen LogP contribution in [0.25, 0.3) is 11.4 Å². The quantitative estimate of drug-likeness (QED) is 0.708. The SMILES string of the molecule is CO[C@@H](Cn1ccnc1-c1ccc2c(c1)OCCO2)c1cccs1. The third kappa shape index (κ3) is 2.90. The van der Waals surface area contributed by atoms with Gasteiger partial charge in [-0.2, -0.15) is 0 Å². The van der Waals surface area contributed by atoms with Gasteiger partial charge in [0.1, 0.15) is 25.1 Å². The largest absolute Gasteiger partial charge is 0.486 e.